The molecule has 4 aromatic rings. The van der Waals surface area contributed by atoms with Gasteiger partial charge in [0.05, 0.1) is 24.5 Å². The van der Waals surface area contributed by atoms with Crippen molar-refractivity contribution in [1.29, 1.82) is 0 Å². The molecule has 0 saturated heterocycles. The molecule has 2 fully saturated rings. The maximum absolute atomic E-state index is 12.7. The third kappa shape index (κ3) is 4.25. The fraction of sp³-hybridized carbons (Fsp3) is 0.360. The van der Waals surface area contributed by atoms with Gasteiger partial charge in [-0.05, 0) is 67.3 Å². The number of nitrogens with zero attached hydrogens (tertiary/aromatic N) is 5. The van der Waals surface area contributed by atoms with Crippen molar-refractivity contribution in [1.82, 2.24) is 29.7 Å². The quantitative estimate of drug-likeness (QED) is 0.441. The zero-order valence-electron chi connectivity index (χ0n) is 18.4. The lowest BCUT2D eigenvalue weighted by atomic mass is 10.1. The average molecular weight is 461 g/mol. The minimum Gasteiger partial charge on any atom is -0.348 e. The van der Waals surface area contributed by atoms with Crippen molar-refractivity contribution < 1.29 is 4.79 Å². The maximum Gasteiger partial charge on any atom is 0.224 e. The number of nitrogens with one attached hydrogen (secondary N) is 1. The molecule has 1 aromatic carbocycles. The summed E-state index contributed by atoms with van der Waals surface area (Å²) in [5.41, 5.74) is 5.11. The normalized spacial score (nSPS) is 20.7. The van der Waals surface area contributed by atoms with E-state index in [1.807, 2.05) is 37.4 Å². The number of benzene rings is 1. The Labute approximate surface area is 196 Å². The minimum atomic E-state index is -0.214. The van der Waals surface area contributed by atoms with Gasteiger partial charge in [0.1, 0.15) is 11.3 Å². The number of hydrogen-bond acceptors (Lipinski definition) is 4. The highest BCUT2D eigenvalue weighted by atomic mass is 35.5. The summed E-state index contributed by atoms with van der Waals surface area (Å²) in [7, 11) is 0. The highest BCUT2D eigenvalue weighted by Crippen LogP contribution is 2.48. The smallest absolute Gasteiger partial charge is 0.224 e. The first kappa shape index (κ1) is 20.4. The van der Waals surface area contributed by atoms with Gasteiger partial charge in [0.25, 0.3) is 0 Å². The van der Waals surface area contributed by atoms with E-state index in [1.54, 1.807) is 4.68 Å². The van der Waals surface area contributed by atoms with E-state index in [9.17, 15) is 4.79 Å². The van der Waals surface area contributed by atoms with Crippen molar-refractivity contribution in [3.63, 3.8) is 0 Å². The molecule has 1 unspecified atom stereocenters. The molecular weight excluding hydrogens is 436 g/mol. The number of imidazole rings is 1. The Kier molecular flexibility index (Phi) is 4.94. The lowest BCUT2D eigenvalue weighted by Crippen LogP contribution is -2.28. The highest BCUT2D eigenvalue weighted by Gasteiger charge is 2.44. The van der Waals surface area contributed by atoms with Crippen LogP contribution in [-0.2, 0) is 11.3 Å². The highest BCUT2D eigenvalue weighted by molar-refractivity contribution is 6.30. The van der Waals surface area contributed by atoms with Gasteiger partial charge < -0.3 is 9.72 Å². The Balaban J connectivity index is 1.08. The SMILES string of the molecule is C[C@@H](NC(=O)[C@H]1CC1c1cccc(Cl)c1)c1cn(Cc2cn3cc(C4CC4)ccc3n2)nn1. The summed E-state index contributed by atoms with van der Waals surface area (Å²) in [6.07, 6.45) is 9.53. The third-order valence-electron chi connectivity index (χ3n) is 6.66. The number of carbonyl (C=O) groups is 1. The molecule has 6 rings (SSSR count). The molecule has 1 N–H and O–H groups in total. The number of fused-ring (bicyclic) bond motifs is 1. The summed E-state index contributed by atoms with van der Waals surface area (Å²) in [6.45, 7) is 2.47. The summed E-state index contributed by atoms with van der Waals surface area (Å²) in [6, 6.07) is 11.8. The van der Waals surface area contributed by atoms with Crippen LogP contribution in [0.1, 0.15) is 66.6 Å². The van der Waals surface area contributed by atoms with E-state index in [4.69, 9.17) is 16.6 Å². The summed E-state index contributed by atoms with van der Waals surface area (Å²) in [5, 5.41) is 12.3. The fourth-order valence-electron chi connectivity index (χ4n) is 4.54. The van der Waals surface area contributed by atoms with E-state index in [-0.39, 0.29) is 23.8 Å². The predicted octanol–water partition coefficient (Wildman–Crippen LogP) is 4.49. The minimum absolute atomic E-state index is 0.0144. The number of rotatable bonds is 7. The van der Waals surface area contributed by atoms with Crippen molar-refractivity contribution in [3.05, 3.63) is 82.5 Å². The molecule has 33 heavy (non-hydrogen) atoms. The Bertz CT molecular complexity index is 1340. The lowest BCUT2D eigenvalue weighted by molar-refractivity contribution is -0.123. The monoisotopic (exact) mass is 460 g/mol. The van der Waals surface area contributed by atoms with Crippen LogP contribution >= 0.6 is 11.6 Å². The van der Waals surface area contributed by atoms with Crippen LogP contribution in [0.5, 0.6) is 0 Å². The number of carbonyl (C=O) groups excluding carboxylic acids is 1. The van der Waals surface area contributed by atoms with E-state index in [0.717, 1.165) is 29.0 Å². The standard InChI is InChI=1S/C25H25ClN6O/c1-15(27-25(33)22-10-21(22)17-3-2-4-19(26)9-17)23-14-32(30-29-23)13-20-12-31-11-18(16-5-6-16)7-8-24(31)28-20/h2-4,7-9,11-12,14-16,21-22H,5-6,10,13H2,1H3,(H,27,33)/t15-,21?,22+/m1/s1. The van der Waals surface area contributed by atoms with Gasteiger partial charge in [0.2, 0.25) is 5.91 Å². The van der Waals surface area contributed by atoms with Crippen LogP contribution in [0.15, 0.2) is 55.0 Å². The fourth-order valence-corrected chi connectivity index (χ4v) is 4.73. The van der Waals surface area contributed by atoms with Crippen LogP contribution < -0.4 is 5.32 Å². The summed E-state index contributed by atoms with van der Waals surface area (Å²) >= 11 is 6.09. The second-order valence-electron chi connectivity index (χ2n) is 9.31. The number of hydrogen-bond donors (Lipinski definition) is 1. The van der Waals surface area contributed by atoms with Gasteiger partial charge in [-0.15, -0.1) is 5.10 Å². The molecular formula is C25H25ClN6O. The van der Waals surface area contributed by atoms with E-state index in [0.29, 0.717) is 17.5 Å². The number of amides is 1. The molecule has 0 bridgehead atoms. The zero-order chi connectivity index (χ0) is 22.5. The van der Waals surface area contributed by atoms with E-state index in [1.165, 1.54) is 18.4 Å². The number of aromatic nitrogens is 5. The van der Waals surface area contributed by atoms with Crippen LogP contribution in [0, 0.1) is 5.92 Å². The largest absolute Gasteiger partial charge is 0.348 e. The molecule has 7 nitrogen and oxygen atoms in total. The molecule has 2 aliphatic carbocycles. The molecule has 3 heterocycles. The first-order chi connectivity index (χ1) is 16.0. The van der Waals surface area contributed by atoms with Gasteiger partial charge in [-0.25, -0.2) is 9.67 Å². The molecule has 0 radical (unpaired) electrons. The zero-order valence-corrected chi connectivity index (χ0v) is 19.1. The van der Waals surface area contributed by atoms with Crippen molar-refractivity contribution in [3.8, 4) is 0 Å². The number of halogens is 1. The van der Waals surface area contributed by atoms with Crippen LogP contribution in [-0.4, -0.2) is 30.3 Å². The van der Waals surface area contributed by atoms with E-state index in [2.05, 4.69) is 44.6 Å². The molecule has 0 aliphatic heterocycles. The van der Waals surface area contributed by atoms with E-state index < -0.39 is 0 Å². The van der Waals surface area contributed by atoms with Gasteiger partial charge >= 0.3 is 0 Å². The van der Waals surface area contributed by atoms with Crippen molar-refractivity contribution in [2.75, 3.05) is 0 Å². The lowest BCUT2D eigenvalue weighted by Gasteiger charge is -2.11. The van der Waals surface area contributed by atoms with Crippen LogP contribution in [0.4, 0.5) is 0 Å². The summed E-state index contributed by atoms with van der Waals surface area (Å²) in [5.74, 6) is 0.988. The molecule has 3 atom stereocenters. The number of pyridine rings is 1. The Morgan fingerprint density at radius 1 is 1.18 bits per heavy atom. The molecule has 2 saturated carbocycles. The van der Waals surface area contributed by atoms with Crippen LogP contribution in [0.2, 0.25) is 5.02 Å². The molecule has 1 amide bonds. The van der Waals surface area contributed by atoms with Gasteiger partial charge in [-0.2, -0.15) is 0 Å². The first-order valence-corrected chi connectivity index (χ1v) is 11.8. The van der Waals surface area contributed by atoms with E-state index >= 15 is 0 Å². The van der Waals surface area contributed by atoms with Crippen molar-refractivity contribution in [2.45, 2.75) is 50.6 Å². The third-order valence-corrected chi connectivity index (χ3v) is 6.89. The van der Waals surface area contributed by atoms with Crippen LogP contribution in [0.25, 0.3) is 5.65 Å². The molecule has 168 valence electrons. The van der Waals surface area contributed by atoms with Gasteiger partial charge in [-0.1, -0.05) is 35.0 Å². The molecule has 3 aromatic heterocycles. The van der Waals surface area contributed by atoms with Gasteiger partial charge in [0, 0.05) is 23.3 Å². The Morgan fingerprint density at radius 2 is 2.06 bits per heavy atom. The molecule has 8 heteroatoms. The second kappa shape index (κ2) is 7.99. The van der Waals surface area contributed by atoms with Crippen molar-refractivity contribution >= 4 is 23.2 Å². The first-order valence-electron chi connectivity index (χ1n) is 11.5. The van der Waals surface area contributed by atoms with Crippen molar-refractivity contribution in [2.24, 2.45) is 5.92 Å². The van der Waals surface area contributed by atoms with Gasteiger partial charge in [0.15, 0.2) is 0 Å². The molecule has 2 aliphatic rings. The average Bonchev–Trinajstić information content (AvgIpc) is 3.71. The second-order valence-corrected chi connectivity index (χ2v) is 9.75. The molecule has 0 spiro atoms. The van der Waals surface area contributed by atoms with Gasteiger partial charge in [-0.3, -0.25) is 4.79 Å². The Hall–Kier alpha value is -3.19. The topological polar surface area (TPSA) is 77.1 Å². The summed E-state index contributed by atoms with van der Waals surface area (Å²) < 4.78 is 3.86. The predicted molar refractivity (Wildman–Crippen MR) is 125 cm³/mol. The van der Waals surface area contributed by atoms with Crippen LogP contribution in [0.3, 0.4) is 0 Å². The maximum atomic E-state index is 12.7. The summed E-state index contributed by atoms with van der Waals surface area (Å²) in [4.78, 5) is 17.4. The Morgan fingerprint density at radius 3 is 2.88 bits per heavy atom.